The normalized spacial score (nSPS) is 38.0. The number of para-hydroxylation sites is 1. The molecule has 5 aliphatic rings. The first kappa shape index (κ1) is 28.1. The van der Waals surface area contributed by atoms with Crippen LogP contribution < -0.4 is 4.90 Å². The maximum Gasteiger partial charge on any atom is 0.136 e. The minimum absolute atomic E-state index is 0. The van der Waals surface area contributed by atoms with Gasteiger partial charge in [0.25, 0.3) is 0 Å². The van der Waals surface area contributed by atoms with Gasteiger partial charge in [0.15, 0.2) is 0 Å². The zero-order chi connectivity index (χ0) is 27.4. The number of benzene rings is 1. The molecule has 2 fully saturated rings. The Morgan fingerprint density at radius 1 is 0.952 bits per heavy atom. The number of hydrogen-bond acceptors (Lipinski definition) is 3. The number of rotatable bonds is 1. The number of fused-ring (bicyclic) bond motifs is 5. The van der Waals surface area contributed by atoms with Crippen LogP contribution in [0, 0.1) is 11.3 Å². The van der Waals surface area contributed by atoms with Crippen molar-refractivity contribution in [1.29, 1.82) is 0 Å². The Morgan fingerprint density at radius 2 is 1.81 bits per heavy atom. The van der Waals surface area contributed by atoms with E-state index in [9.17, 15) is 5.11 Å². The van der Waals surface area contributed by atoms with E-state index in [4.69, 9.17) is 4.98 Å². The quantitative estimate of drug-likeness (QED) is 0.314. The number of nitrogens with one attached hydrogen (secondary N) is 2. The van der Waals surface area contributed by atoms with E-state index in [1.54, 1.807) is 4.90 Å². The molecule has 5 heteroatoms. The molecule has 1 aromatic carbocycles. The van der Waals surface area contributed by atoms with Crippen LogP contribution in [0.3, 0.4) is 0 Å². The average Bonchev–Trinajstić information content (AvgIpc) is 3.49. The Hall–Kier alpha value is -2.73. The molecule has 3 N–H and O–H groups in total. The number of aromatic nitrogens is 2. The van der Waals surface area contributed by atoms with Gasteiger partial charge in [0.1, 0.15) is 17.7 Å². The molecule has 0 amide bonds. The monoisotopic (exact) mass is 565 g/mol. The smallest absolute Gasteiger partial charge is 0.136 e. The molecule has 5 nitrogen and oxygen atoms in total. The van der Waals surface area contributed by atoms with Crippen molar-refractivity contribution in [2.45, 2.75) is 89.3 Å². The van der Waals surface area contributed by atoms with Gasteiger partial charge in [-0.1, -0.05) is 43.9 Å². The molecule has 2 saturated heterocycles. The third kappa shape index (κ3) is 4.42. The minimum atomic E-state index is -0.861. The highest BCUT2D eigenvalue weighted by Gasteiger charge is 2.68. The number of nitrogens with zero attached hydrogens (tertiary/aromatic N) is 2. The molecule has 4 unspecified atom stereocenters. The Balaban J connectivity index is 0.00000288. The fourth-order valence-corrected chi connectivity index (χ4v) is 9.84. The first-order chi connectivity index (χ1) is 20.2. The molecule has 222 valence electrons. The SMILES string of the molecule is C.O[C@]12C=C(c3nccc4c3[nH]c3ccccc34)[C@@H]3CCN(CCCC/C=C\CC1)CC31CC3/C=C\CCCC[NH+]3[C@H]12. The van der Waals surface area contributed by atoms with Gasteiger partial charge in [-0.05, 0) is 107 Å². The van der Waals surface area contributed by atoms with Crippen molar-refractivity contribution in [1.82, 2.24) is 14.9 Å². The van der Waals surface area contributed by atoms with E-state index >= 15 is 0 Å². The number of pyridine rings is 1. The lowest BCUT2D eigenvalue weighted by Gasteiger charge is -2.55. The standard InChI is InChI=1S/C36H44N4O.CH4/c41-36-18-10-4-1-2-5-11-20-39-22-17-30(35(25-39)23-26-13-7-3-6-12-21-40(26)34(35)36)29(24-36)32-33-28(16-19-37-32)27-14-8-9-15-31(27)38-33;/h1,4,7-9,13-16,19,24,26,30,34,38,41H,2-3,5-6,10-12,17-18,20-23,25H2;1H4/p+1/b4-1-,13-7-;/t26?,30-,34+,35?,36-;/m0./s1. The van der Waals surface area contributed by atoms with Gasteiger partial charge in [0.2, 0.25) is 0 Å². The van der Waals surface area contributed by atoms with Crippen LogP contribution in [0.1, 0.15) is 77.3 Å². The fraction of sp³-hybridized carbons (Fsp3) is 0.541. The van der Waals surface area contributed by atoms with Gasteiger partial charge in [0.05, 0.1) is 23.2 Å². The third-order valence-corrected chi connectivity index (χ3v) is 11.4. The van der Waals surface area contributed by atoms with E-state index in [2.05, 4.69) is 70.6 Å². The Morgan fingerprint density at radius 3 is 2.76 bits per heavy atom. The molecule has 7 atom stereocenters. The minimum Gasteiger partial charge on any atom is -0.379 e. The summed E-state index contributed by atoms with van der Waals surface area (Å²) < 4.78 is 0. The van der Waals surface area contributed by atoms with E-state index in [1.165, 1.54) is 68.0 Å². The number of aromatic amines is 1. The first-order valence-corrected chi connectivity index (χ1v) is 16.4. The van der Waals surface area contributed by atoms with Crippen molar-refractivity contribution in [3.8, 4) is 0 Å². The summed E-state index contributed by atoms with van der Waals surface area (Å²) in [6, 6.07) is 11.5. The van der Waals surface area contributed by atoms with Crippen LogP contribution in [0.5, 0.6) is 0 Å². The van der Waals surface area contributed by atoms with Crippen LogP contribution in [0.4, 0.5) is 0 Å². The lowest BCUT2D eigenvalue weighted by atomic mass is 9.54. The second kappa shape index (κ2) is 11.1. The van der Waals surface area contributed by atoms with Crippen LogP contribution in [0.15, 0.2) is 66.9 Å². The van der Waals surface area contributed by atoms with Crippen molar-refractivity contribution >= 4 is 27.4 Å². The highest BCUT2D eigenvalue weighted by atomic mass is 16.3. The van der Waals surface area contributed by atoms with E-state index < -0.39 is 5.60 Å². The number of H-pyrrole nitrogens is 1. The number of quaternary nitrogens is 1. The molecule has 3 bridgehead atoms. The van der Waals surface area contributed by atoms with Crippen LogP contribution >= 0.6 is 0 Å². The van der Waals surface area contributed by atoms with E-state index in [-0.39, 0.29) is 18.9 Å². The van der Waals surface area contributed by atoms with Gasteiger partial charge < -0.3 is 19.9 Å². The average molecular weight is 566 g/mol. The van der Waals surface area contributed by atoms with Crippen LogP contribution in [0.25, 0.3) is 27.4 Å². The number of aliphatic hydroxyl groups is 1. The van der Waals surface area contributed by atoms with Gasteiger partial charge in [-0.25, -0.2) is 0 Å². The molecule has 1 aliphatic carbocycles. The van der Waals surface area contributed by atoms with Gasteiger partial charge in [-0.2, -0.15) is 0 Å². The molecule has 1 spiro atoms. The number of hydrogen-bond donors (Lipinski definition) is 3. The number of allylic oxidation sites excluding steroid dienone is 4. The van der Waals surface area contributed by atoms with Crippen molar-refractivity contribution in [2.24, 2.45) is 11.3 Å². The molecule has 4 aliphatic heterocycles. The predicted octanol–water partition coefficient (Wildman–Crippen LogP) is 6.07. The van der Waals surface area contributed by atoms with Crippen LogP contribution in [-0.2, 0) is 0 Å². The summed E-state index contributed by atoms with van der Waals surface area (Å²) >= 11 is 0. The van der Waals surface area contributed by atoms with Gasteiger partial charge in [-0.3, -0.25) is 4.98 Å². The summed E-state index contributed by atoms with van der Waals surface area (Å²) in [5.41, 5.74) is 3.85. The molecule has 0 saturated carbocycles. The highest BCUT2D eigenvalue weighted by Crippen LogP contribution is 2.57. The largest absolute Gasteiger partial charge is 0.379 e. The summed E-state index contributed by atoms with van der Waals surface area (Å²) in [6.07, 6.45) is 25.5. The third-order valence-electron chi connectivity index (χ3n) is 11.4. The van der Waals surface area contributed by atoms with Gasteiger partial charge in [-0.15, -0.1) is 0 Å². The lowest BCUT2D eigenvalue weighted by Crippen LogP contribution is -3.20. The second-order valence-corrected chi connectivity index (χ2v) is 13.7. The van der Waals surface area contributed by atoms with Crippen molar-refractivity contribution in [3.05, 3.63) is 72.6 Å². The van der Waals surface area contributed by atoms with E-state index in [1.807, 2.05) is 6.20 Å². The highest BCUT2D eigenvalue weighted by molar-refractivity contribution is 6.09. The fourth-order valence-electron chi connectivity index (χ4n) is 9.84. The van der Waals surface area contributed by atoms with Gasteiger partial charge in [0, 0.05) is 35.5 Å². The molecule has 0 radical (unpaired) electrons. The topological polar surface area (TPSA) is 56.6 Å². The molecular formula is C37H49N4O+. The molecule has 3 aromatic rings. The van der Waals surface area contributed by atoms with Crippen LogP contribution in [0.2, 0.25) is 0 Å². The van der Waals surface area contributed by atoms with Gasteiger partial charge >= 0.3 is 0 Å². The van der Waals surface area contributed by atoms with Crippen molar-refractivity contribution < 1.29 is 10.0 Å². The lowest BCUT2D eigenvalue weighted by molar-refractivity contribution is -0.940. The zero-order valence-electron chi connectivity index (χ0n) is 24.3. The van der Waals surface area contributed by atoms with E-state index in [0.717, 1.165) is 55.5 Å². The predicted molar refractivity (Wildman–Crippen MR) is 173 cm³/mol. The van der Waals surface area contributed by atoms with Crippen molar-refractivity contribution in [2.75, 3.05) is 26.2 Å². The summed E-state index contributed by atoms with van der Waals surface area (Å²) in [5.74, 6) is 0.406. The Bertz CT molecular complexity index is 1540. The maximum absolute atomic E-state index is 13.1. The van der Waals surface area contributed by atoms with Crippen molar-refractivity contribution in [3.63, 3.8) is 0 Å². The first-order valence-electron chi connectivity index (χ1n) is 16.4. The molecule has 6 heterocycles. The van der Waals surface area contributed by atoms with Crippen LogP contribution in [-0.4, -0.2) is 63.8 Å². The number of piperidine rings is 1. The Kier molecular flexibility index (Phi) is 7.40. The zero-order valence-corrected chi connectivity index (χ0v) is 24.3. The second-order valence-electron chi connectivity index (χ2n) is 13.7. The summed E-state index contributed by atoms with van der Waals surface area (Å²) in [4.78, 5) is 13.3. The molecule has 2 aromatic heterocycles. The van der Waals surface area contributed by atoms with E-state index in [0.29, 0.717) is 12.0 Å². The molecule has 8 rings (SSSR count). The molecular weight excluding hydrogens is 516 g/mol. The molecule has 42 heavy (non-hydrogen) atoms. The summed E-state index contributed by atoms with van der Waals surface area (Å²) in [5, 5.41) is 15.6. The summed E-state index contributed by atoms with van der Waals surface area (Å²) in [6.45, 7) is 4.60. The summed E-state index contributed by atoms with van der Waals surface area (Å²) in [7, 11) is 0. The maximum atomic E-state index is 13.1. The Labute approximate surface area is 251 Å².